The van der Waals surface area contributed by atoms with Gasteiger partial charge in [-0.05, 0) is 49.6 Å². The molecule has 6 aromatic rings. The van der Waals surface area contributed by atoms with Crippen LogP contribution < -0.4 is 5.32 Å². The number of fused-ring (bicyclic) bond motifs is 2. The van der Waals surface area contributed by atoms with Crippen LogP contribution in [0.15, 0.2) is 55.4 Å². The molecule has 1 fully saturated rings. The van der Waals surface area contributed by atoms with Crippen molar-refractivity contribution in [2.75, 3.05) is 5.32 Å². The van der Waals surface area contributed by atoms with Crippen LogP contribution in [0.25, 0.3) is 50.4 Å². The molecule has 5 heterocycles. The lowest BCUT2D eigenvalue weighted by atomic mass is 9.84. The summed E-state index contributed by atoms with van der Waals surface area (Å²) in [6, 6.07) is 7.04. The summed E-state index contributed by atoms with van der Waals surface area (Å²) < 4.78 is 17.1. The van der Waals surface area contributed by atoms with Crippen LogP contribution in [0.5, 0.6) is 0 Å². The van der Waals surface area contributed by atoms with Crippen LogP contribution in [0, 0.1) is 18.7 Å². The first kappa shape index (κ1) is 22.5. The minimum Gasteiger partial charge on any atom is -0.374 e. The van der Waals surface area contributed by atoms with Gasteiger partial charge in [-0.1, -0.05) is 6.42 Å². The Morgan fingerprint density at radius 2 is 2.05 bits per heavy atom. The van der Waals surface area contributed by atoms with Gasteiger partial charge in [0.25, 0.3) is 0 Å². The van der Waals surface area contributed by atoms with E-state index in [4.69, 9.17) is 4.98 Å². The summed E-state index contributed by atoms with van der Waals surface area (Å²) in [5.74, 6) is 0.280. The number of aliphatic hydroxyl groups is 1. The lowest BCUT2D eigenvalue weighted by molar-refractivity contribution is 0.0851. The zero-order valence-corrected chi connectivity index (χ0v) is 20.5. The van der Waals surface area contributed by atoms with E-state index in [-0.39, 0.29) is 11.4 Å². The van der Waals surface area contributed by atoms with Crippen LogP contribution in [-0.4, -0.2) is 51.0 Å². The molecule has 10 nitrogen and oxygen atoms in total. The number of aliphatic hydroxyl groups excluding tert-OH is 1. The molecule has 1 unspecified atom stereocenters. The molecule has 1 aliphatic rings. The minimum absolute atomic E-state index is 0.248. The van der Waals surface area contributed by atoms with Crippen molar-refractivity contribution in [3.05, 3.63) is 66.9 Å². The largest absolute Gasteiger partial charge is 0.374 e. The molecule has 1 aromatic carbocycles. The number of aryl methyl sites for hydroxylation is 1. The zero-order chi connectivity index (χ0) is 25.8. The Bertz CT molecular complexity index is 1800. The highest BCUT2D eigenvalue weighted by molar-refractivity contribution is 5.96. The maximum atomic E-state index is 15.2. The minimum atomic E-state index is -0.627. The average molecular weight is 510 g/mol. The molecule has 0 radical (unpaired) electrons. The van der Waals surface area contributed by atoms with Gasteiger partial charge < -0.3 is 20.0 Å². The second-order valence-electron chi connectivity index (χ2n) is 9.73. The van der Waals surface area contributed by atoms with Gasteiger partial charge in [0.15, 0.2) is 11.5 Å². The molecular formula is C27H24FN9O. The van der Waals surface area contributed by atoms with E-state index in [0.29, 0.717) is 44.9 Å². The first-order valence-electron chi connectivity index (χ1n) is 12.5. The SMILES string of the molecule is Cc1cn(-c2ccnc3[nH]c(-c4n[nH]c5c(F)cc(-c6cncc(NC(O)C7CCC7)c6)cc45)nc23)cn1. The van der Waals surface area contributed by atoms with Crippen molar-refractivity contribution >= 4 is 27.8 Å². The van der Waals surface area contributed by atoms with E-state index in [1.54, 1.807) is 24.9 Å². The Morgan fingerprint density at radius 3 is 2.84 bits per heavy atom. The van der Waals surface area contributed by atoms with Crippen LogP contribution in [0.2, 0.25) is 0 Å². The van der Waals surface area contributed by atoms with Crippen LogP contribution >= 0.6 is 0 Å². The van der Waals surface area contributed by atoms with Crippen LogP contribution in [0.3, 0.4) is 0 Å². The zero-order valence-electron chi connectivity index (χ0n) is 20.5. The summed E-state index contributed by atoms with van der Waals surface area (Å²) in [5, 5.41) is 21.3. The fourth-order valence-corrected chi connectivity index (χ4v) is 4.92. The number of anilines is 1. The van der Waals surface area contributed by atoms with Gasteiger partial charge >= 0.3 is 0 Å². The first-order valence-corrected chi connectivity index (χ1v) is 12.5. The molecule has 0 saturated heterocycles. The molecule has 11 heteroatoms. The van der Waals surface area contributed by atoms with E-state index < -0.39 is 12.0 Å². The monoisotopic (exact) mass is 509 g/mol. The third-order valence-electron chi connectivity index (χ3n) is 7.18. The Labute approximate surface area is 216 Å². The van der Waals surface area contributed by atoms with Gasteiger partial charge in [-0.2, -0.15) is 5.10 Å². The summed E-state index contributed by atoms with van der Waals surface area (Å²) in [6.07, 6.45) is 11.2. The van der Waals surface area contributed by atoms with Crippen molar-refractivity contribution in [3.63, 3.8) is 0 Å². The van der Waals surface area contributed by atoms with E-state index in [2.05, 4.69) is 35.5 Å². The smallest absolute Gasteiger partial charge is 0.161 e. The summed E-state index contributed by atoms with van der Waals surface area (Å²) >= 11 is 0. The number of halogens is 1. The molecule has 7 rings (SSSR count). The molecule has 0 aliphatic heterocycles. The number of benzene rings is 1. The van der Waals surface area contributed by atoms with E-state index >= 15 is 4.39 Å². The molecule has 4 N–H and O–H groups in total. The molecule has 0 amide bonds. The Morgan fingerprint density at radius 1 is 1.16 bits per heavy atom. The van der Waals surface area contributed by atoms with Gasteiger partial charge in [0.1, 0.15) is 28.8 Å². The molecule has 38 heavy (non-hydrogen) atoms. The maximum absolute atomic E-state index is 15.2. The normalized spacial score (nSPS) is 14.7. The van der Waals surface area contributed by atoms with Crippen LogP contribution in [-0.2, 0) is 0 Å². The molecule has 1 aliphatic carbocycles. The second-order valence-corrected chi connectivity index (χ2v) is 9.73. The summed E-state index contributed by atoms with van der Waals surface area (Å²) in [4.78, 5) is 21.0. The number of aromatic nitrogens is 8. The lowest BCUT2D eigenvalue weighted by Crippen LogP contribution is -2.33. The van der Waals surface area contributed by atoms with Gasteiger partial charge in [-0.15, -0.1) is 0 Å². The Kier molecular flexibility index (Phi) is 5.18. The van der Waals surface area contributed by atoms with E-state index in [9.17, 15) is 5.11 Å². The van der Waals surface area contributed by atoms with Gasteiger partial charge in [0.05, 0.1) is 29.6 Å². The fourth-order valence-electron chi connectivity index (χ4n) is 4.92. The van der Waals surface area contributed by atoms with Crippen molar-refractivity contribution in [3.8, 4) is 28.3 Å². The second kappa shape index (κ2) is 8.73. The Balaban J connectivity index is 1.29. The number of hydrogen-bond donors (Lipinski definition) is 4. The van der Waals surface area contributed by atoms with Gasteiger partial charge in [-0.25, -0.2) is 19.3 Å². The maximum Gasteiger partial charge on any atom is 0.161 e. The van der Waals surface area contributed by atoms with Crippen molar-refractivity contribution in [1.29, 1.82) is 0 Å². The number of H-pyrrole nitrogens is 2. The molecular weight excluding hydrogens is 485 g/mol. The molecule has 190 valence electrons. The fraction of sp³-hybridized carbons (Fsp3) is 0.222. The molecule has 0 spiro atoms. The number of imidazole rings is 2. The lowest BCUT2D eigenvalue weighted by Gasteiger charge is -2.31. The molecule has 5 aromatic heterocycles. The van der Waals surface area contributed by atoms with Crippen molar-refractivity contribution in [2.24, 2.45) is 5.92 Å². The predicted molar refractivity (Wildman–Crippen MR) is 141 cm³/mol. The predicted octanol–water partition coefficient (Wildman–Crippen LogP) is 4.73. The highest BCUT2D eigenvalue weighted by atomic mass is 19.1. The van der Waals surface area contributed by atoms with Crippen molar-refractivity contribution < 1.29 is 9.50 Å². The number of aromatic amines is 2. The van der Waals surface area contributed by atoms with Gasteiger partial charge in [0.2, 0.25) is 0 Å². The standard InChI is InChI=1S/C27H24FN9O/c1-14-12-37(13-31-14)21-5-6-30-25-24(21)33-26(34-25)23-19-8-16(9-20(28)22(19)35-36-23)17-7-18(11-29-10-17)32-27(38)15-3-2-4-15/h5-13,15,27,32,38H,2-4H2,1H3,(H,35,36)(H,30,33,34). The van der Waals surface area contributed by atoms with Gasteiger partial charge in [-0.3, -0.25) is 10.1 Å². The molecule has 1 saturated carbocycles. The highest BCUT2D eigenvalue weighted by Gasteiger charge is 2.25. The quantitative estimate of drug-likeness (QED) is 0.239. The van der Waals surface area contributed by atoms with Crippen molar-refractivity contribution in [2.45, 2.75) is 32.4 Å². The number of hydrogen-bond acceptors (Lipinski definition) is 7. The molecule has 0 bridgehead atoms. The number of pyridine rings is 2. The average Bonchev–Trinajstić information content (AvgIpc) is 3.60. The first-order chi connectivity index (χ1) is 18.5. The topological polar surface area (TPSA) is 133 Å². The van der Waals surface area contributed by atoms with E-state index in [1.807, 2.05) is 35.9 Å². The third-order valence-corrected chi connectivity index (χ3v) is 7.18. The Hall–Kier alpha value is -4.64. The van der Waals surface area contributed by atoms with E-state index in [0.717, 1.165) is 30.6 Å². The summed E-state index contributed by atoms with van der Waals surface area (Å²) in [5.41, 5.74) is 5.75. The highest BCUT2D eigenvalue weighted by Crippen LogP contribution is 2.34. The summed E-state index contributed by atoms with van der Waals surface area (Å²) in [7, 11) is 0. The number of rotatable bonds is 6. The van der Waals surface area contributed by atoms with E-state index in [1.165, 1.54) is 6.07 Å². The number of nitrogens with one attached hydrogen (secondary N) is 3. The number of nitrogens with zero attached hydrogens (tertiary/aromatic N) is 6. The summed E-state index contributed by atoms with van der Waals surface area (Å²) in [6.45, 7) is 1.92. The van der Waals surface area contributed by atoms with Crippen molar-refractivity contribution in [1.82, 2.24) is 39.7 Å². The van der Waals surface area contributed by atoms with Gasteiger partial charge in [0, 0.05) is 35.5 Å². The molecule has 1 atom stereocenters. The van der Waals surface area contributed by atoms with Crippen LogP contribution in [0.4, 0.5) is 10.1 Å². The van der Waals surface area contributed by atoms with Crippen LogP contribution in [0.1, 0.15) is 25.0 Å². The third kappa shape index (κ3) is 3.79.